The summed E-state index contributed by atoms with van der Waals surface area (Å²) in [6, 6.07) is 2.32. The predicted octanol–water partition coefficient (Wildman–Crippen LogP) is 1.03. The van der Waals surface area contributed by atoms with Gasteiger partial charge in [0.05, 0.1) is 0 Å². The molecule has 1 aromatic carbocycles. The molecule has 7 heteroatoms. The number of anilines is 1. The summed E-state index contributed by atoms with van der Waals surface area (Å²) in [4.78, 5) is 25.3. The molecule has 1 aliphatic rings. The summed E-state index contributed by atoms with van der Waals surface area (Å²) in [7, 11) is 0. The van der Waals surface area contributed by atoms with Gasteiger partial charge < -0.3 is 15.5 Å². The summed E-state index contributed by atoms with van der Waals surface area (Å²) < 4.78 is 27.4. The number of hydrogen-bond donors (Lipinski definition) is 2. The molecule has 0 radical (unpaired) electrons. The fourth-order valence-corrected chi connectivity index (χ4v) is 2.13. The second-order valence-corrected chi connectivity index (χ2v) is 4.90. The van der Waals surface area contributed by atoms with Gasteiger partial charge in [-0.3, -0.25) is 9.59 Å². The number of aryl methyl sites for hydroxylation is 1. The van der Waals surface area contributed by atoms with E-state index in [-0.39, 0.29) is 5.56 Å². The highest BCUT2D eigenvalue weighted by atomic mass is 19.1. The van der Waals surface area contributed by atoms with Crippen molar-refractivity contribution < 1.29 is 18.4 Å². The van der Waals surface area contributed by atoms with E-state index in [0.29, 0.717) is 19.6 Å². The van der Waals surface area contributed by atoms with Gasteiger partial charge in [-0.1, -0.05) is 6.07 Å². The van der Waals surface area contributed by atoms with Gasteiger partial charge in [0.2, 0.25) is 0 Å². The first-order valence-electron chi connectivity index (χ1n) is 6.76. The van der Waals surface area contributed by atoms with E-state index >= 15 is 0 Å². The summed E-state index contributed by atoms with van der Waals surface area (Å²) in [5.74, 6) is -3.58. The first-order chi connectivity index (χ1) is 10.0. The second-order valence-electron chi connectivity index (χ2n) is 4.90. The van der Waals surface area contributed by atoms with Crippen molar-refractivity contribution in [1.29, 1.82) is 0 Å². The van der Waals surface area contributed by atoms with Gasteiger partial charge in [-0.05, 0) is 31.5 Å². The van der Waals surface area contributed by atoms with Gasteiger partial charge in [-0.2, -0.15) is 0 Å². The van der Waals surface area contributed by atoms with Gasteiger partial charge in [0.15, 0.2) is 5.82 Å². The van der Waals surface area contributed by atoms with Crippen LogP contribution in [0.15, 0.2) is 12.1 Å². The Hall–Kier alpha value is -2.02. The fraction of sp³-hybridized carbons (Fsp3) is 0.429. The Morgan fingerprint density at radius 3 is 2.76 bits per heavy atom. The maximum absolute atomic E-state index is 13.8. The van der Waals surface area contributed by atoms with Gasteiger partial charge in [-0.25, -0.2) is 8.78 Å². The van der Waals surface area contributed by atoms with Crippen molar-refractivity contribution in [2.75, 3.05) is 31.5 Å². The standard InChI is InChI=1S/C14H17F2N3O2/c1-9-3-4-10(15)12(11(9)16)18-13(20)14(21)19-7-2-5-17-6-8-19/h3-4,17H,2,5-8H2,1H3,(H,18,20). The van der Waals surface area contributed by atoms with Crippen LogP contribution in [0.5, 0.6) is 0 Å². The first-order valence-corrected chi connectivity index (χ1v) is 6.76. The largest absolute Gasteiger partial charge is 0.333 e. The van der Waals surface area contributed by atoms with Crippen molar-refractivity contribution in [3.05, 3.63) is 29.3 Å². The zero-order valence-electron chi connectivity index (χ0n) is 11.7. The molecule has 21 heavy (non-hydrogen) atoms. The second kappa shape index (κ2) is 6.62. The van der Waals surface area contributed by atoms with Crippen molar-refractivity contribution in [2.24, 2.45) is 0 Å². The van der Waals surface area contributed by atoms with E-state index in [1.165, 1.54) is 17.9 Å². The molecule has 2 rings (SSSR count). The SMILES string of the molecule is Cc1ccc(F)c(NC(=O)C(=O)N2CCCNCC2)c1F. The predicted molar refractivity (Wildman–Crippen MR) is 73.8 cm³/mol. The molecular weight excluding hydrogens is 280 g/mol. The molecule has 0 bridgehead atoms. The Morgan fingerprint density at radius 1 is 1.24 bits per heavy atom. The van der Waals surface area contributed by atoms with Crippen LogP contribution in [-0.4, -0.2) is 42.9 Å². The third kappa shape index (κ3) is 3.55. The van der Waals surface area contributed by atoms with E-state index in [0.717, 1.165) is 19.0 Å². The molecule has 0 unspecified atom stereocenters. The van der Waals surface area contributed by atoms with E-state index in [9.17, 15) is 18.4 Å². The van der Waals surface area contributed by atoms with Gasteiger partial charge in [0.25, 0.3) is 0 Å². The van der Waals surface area contributed by atoms with Crippen LogP contribution in [0, 0.1) is 18.6 Å². The van der Waals surface area contributed by atoms with Crippen LogP contribution in [0.1, 0.15) is 12.0 Å². The van der Waals surface area contributed by atoms with E-state index < -0.39 is 29.1 Å². The van der Waals surface area contributed by atoms with Gasteiger partial charge in [0, 0.05) is 19.6 Å². The van der Waals surface area contributed by atoms with E-state index in [1.807, 2.05) is 5.32 Å². The molecule has 1 aromatic rings. The molecule has 0 aromatic heterocycles. The molecule has 1 heterocycles. The van der Waals surface area contributed by atoms with E-state index in [1.54, 1.807) is 0 Å². The summed E-state index contributed by atoms with van der Waals surface area (Å²) in [6.45, 7) is 3.65. The van der Waals surface area contributed by atoms with Crippen molar-refractivity contribution >= 4 is 17.5 Å². The lowest BCUT2D eigenvalue weighted by Gasteiger charge is -2.19. The Labute approximate surface area is 121 Å². The highest BCUT2D eigenvalue weighted by Crippen LogP contribution is 2.21. The molecule has 0 aliphatic carbocycles. The number of hydrogen-bond acceptors (Lipinski definition) is 3. The topological polar surface area (TPSA) is 61.4 Å². The Kier molecular flexibility index (Phi) is 4.85. The zero-order valence-corrected chi connectivity index (χ0v) is 11.7. The van der Waals surface area contributed by atoms with Crippen LogP contribution in [-0.2, 0) is 9.59 Å². The number of rotatable bonds is 1. The van der Waals surface area contributed by atoms with Gasteiger partial charge >= 0.3 is 11.8 Å². The van der Waals surface area contributed by atoms with Crippen LogP contribution < -0.4 is 10.6 Å². The average molecular weight is 297 g/mol. The van der Waals surface area contributed by atoms with Crippen molar-refractivity contribution in [2.45, 2.75) is 13.3 Å². The van der Waals surface area contributed by atoms with Crippen molar-refractivity contribution in [1.82, 2.24) is 10.2 Å². The highest BCUT2D eigenvalue weighted by Gasteiger charge is 2.24. The normalized spacial score (nSPS) is 15.5. The van der Waals surface area contributed by atoms with Crippen LogP contribution in [0.25, 0.3) is 0 Å². The van der Waals surface area contributed by atoms with E-state index in [4.69, 9.17) is 0 Å². The molecule has 1 aliphatic heterocycles. The zero-order chi connectivity index (χ0) is 15.4. The van der Waals surface area contributed by atoms with Crippen molar-refractivity contribution in [3.8, 4) is 0 Å². The molecule has 1 fully saturated rings. The highest BCUT2D eigenvalue weighted by molar-refractivity contribution is 6.39. The number of halogens is 2. The summed E-state index contributed by atoms with van der Waals surface area (Å²) in [5.41, 5.74) is -0.389. The van der Waals surface area contributed by atoms with Crippen LogP contribution in [0.4, 0.5) is 14.5 Å². The third-order valence-electron chi connectivity index (χ3n) is 3.34. The van der Waals surface area contributed by atoms with Crippen LogP contribution >= 0.6 is 0 Å². The van der Waals surface area contributed by atoms with E-state index in [2.05, 4.69) is 5.32 Å². The Bertz CT molecular complexity index is 555. The molecule has 2 amide bonds. The molecule has 0 saturated carbocycles. The minimum absolute atomic E-state index is 0.193. The number of nitrogens with zero attached hydrogens (tertiary/aromatic N) is 1. The number of benzene rings is 1. The first kappa shape index (κ1) is 15.4. The number of amides is 2. The molecular formula is C14H17F2N3O2. The lowest BCUT2D eigenvalue weighted by molar-refractivity contribution is -0.143. The van der Waals surface area contributed by atoms with Crippen LogP contribution in [0.3, 0.4) is 0 Å². The van der Waals surface area contributed by atoms with Crippen molar-refractivity contribution in [3.63, 3.8) is 0 Å². The summed E-state index contributed by atoms with van der Waals surface area (Å²) >= 11 is 0. The number of carbonyl (C=O) groups is 2. The van der Waals surface area contributed by atoms with Gasteiger partial charge in [-0.15, -0.1) is 0 Å². The summed E-state index contributed by atoms with van der Waals surface area (Å²) in [5, 5.41) is 5.14. The average Bonchev–Trinajstić information content (AvgIpc) is 2.75. The smallest absolute Gasteiger partial charge is 0.314 e. The fourth-order valence-electron chi connectivity index (χ4n) is 2.13. The molecule has 2 N–H and O–H groups in total. The monoisotopic (exact) mass is 297 g/mol. The Morgan fingerprint density at radius 2 is 2.00 bits per heavy atom. The van der Waals surface area contributed by atoms with Crippen LogP contribution in [0.2, 0.25) is 0 Å². The quantitative estimate of drug-likeness (QED) is 0.761. The minimum Gasteiger partial charge on any atom is -0.333 e. The Balaban J connectivity index is 2.10. The third-order valence-corrected chi connectivity index (χ3v) is 3.34. The minimum atomic E-state index is -1.03. The lowest BCUT2D eigenvalue weighted by atomic mass is 10.2. The molecule has 1 saturated heterocycles. The molecule has 5 nitrogen and oxygen atoms in total. The molecule has 0 spiro atoms. The lowest BCUT2D eigenvalue weighted by Crippen LogP contribution is -2.41. The maximum Gasteiger partial charge on any atom is 0.314 e. The molecule has 114 valence electrons. The number of nitrogens with one attached hydrogen (secondary N) is 2. The maximum atomic E-state index is 13.8. The molecule has 0 atom stereocenters. The number of carbonyl (C=O) groups excluding carboxylic acids is 2. The summed E-state index contributed by atoms with van der Waals surface area (Å²) in [6.07, 6.45) is 0.728. The van der Waals surface area contributed by atoms with Gasteiger partial charge in [0.1, 0.15) is 11.5 Å².